The number of aliphatic hydroxyl groups excluding tert-OH is 1. The van der Waals surface area contributed by atoms with E-state index in [2.05, 4.69) is 0 Å². The molecule has 1 unspecified atom stereocenters. The molecule has 0 fully saturated rings. The van der Waals surface area contributed by atoms with Crippen molar-refractivity contribution < 1.29 is 5.11 Å². The largest absolute Gasteiger partial charge is 0.512 e. The molecule has 0 radical (unpaired) electrons. The van der Waals surface area contributed by atoms with Crippen molar-refractivity contribution in [2.45, 2.75) is 25.8 Å². The van der Waals surface area contributed by atoms with Gasteiger partial charge >= 0.3 is 0 Å². The Morgan fingerprint density at radius 1 is 1.70 bits per heavy atom. The molecule has 0 aromatic rings. The zero-order chi connectivity index (χ0) is 7.78. The molecule has 1 atom stereocenters. The zero-order valence-corrected chi connectivity index (χ0v) is 6.39. The predicted molar refractivity (Wildman–Crippen MR) is 41.7 cm³/mol. The molecular weight excluding hydrogens is 126 g/mol. The lowest BCUT2D eigenvalue weighted by Crippen LogP contribution is -2.35. The molecule has 56 valence electrons. The molecule has 0 saturated carbocycles. The maximum atomic E-state index is 9.26. The summed E-state index contributed by atoms with van der Waals surface area (Å²) in [6.07, 6.45) is 4.33. The highest BCUT2D eigenvalue weighted by molar-refractivity contribution is 5.29. The summed E-state index contributed by atoms with van der Waals surface area (Å²) in [6, 6.07) is 0. The fraction of sp³-hybridized carbons (Fsp3) is 0.500. The monoisotopic (exact) mass is 139 g/mol. The van der Waals surface area contributed by atoms with Gasteiger partial charge in [-0.3, -0.25) is 0 Å². The Morgan fingerprint density at radius 2 is 2.30 bits per heavy atom. The molecule has 0 spiro atoms. The molecule has 0 saturated heterocycles. The van der Waals surface area contributed by atoms with Crippen LogP contribution in [0.4, 0.5) is 0 Å². The lowest BCUT2D eigenvalue weighted by atomic mass is 9.91. The Balaban J connectivity index is 2.85. The van der Waals surface area contributed by atoms with Crippen LogP contribution in [0.15, 0.2) is 23.5 Å². The molecular formula is C8H13NO. The third-order valence-electron chi connectivity index (χ3n) is 1.72. The van der Waals surface area contributed by atoms with E-state index >= 15 is 0 Å². The molecule has 2 nitrogen and oxygen atoms in total. The van der Waals surface area contributed by atoms with E-state index in [9.17, 15) is 5.11 Å². The van der Waals surface area contributed by atoms with E-state index in [1.807, 2.05) is 26.0 Å². The van der Waals surface area contributed by atoms with Crippen molar-refractivity contribution in [3.8, 4) is 0 Å². The quantitative estimate of drug-likeness (QED) is 0.534. The van der Waals surface area contributed by atoms with E-state index in [0.717, 1.165) is 5.57 Å². The lowest BCUT2D eigenvalue weighted by Gasteiger charge is -2.23. The van der Waals surface area contributed by atoms with E-state index in [1.54, 1.807) is 0 Å². The lowest BCUT2D eigenvalue weighted by molar-refractivity contribution is 0.348. The number of hydrogen-bond acceptors (Lipinski definition) is 2. The highest BCUT2D eigenvalue weighted by Crippen LogP contribution is 2.22. The van der Waals surface area contributed by atoms with Crippen LogP contribution in [0.1, 0.15) is 20.3 Å². The first-order valence-corrected chi connectivity index (χ1v) is 3.38. The third kappa shape index (κ3) is 1.39. The Labute approximate surface area is 61.0 Å². The molecule has 2 heteroatoms. The second kappa shape index (κ2) is 2.13. The Bertz CT molecular complexity index is 201. The van der Waals surface area contributed by atoms with Gasteiger partial charge in [0, 0.05) is 12.0 Å². The van der Waals surface area contributed by atoms with E-state index in [4.69, 9.17) is 5.73 Å². The van der Waals surface area contributed by atoms with Crippen LogP contribution >= 0.6 is 0 Å². The summed E-state index contributed by atoms with van der Waals surface area (Å²) in [7, 11) is 0. The highest BCUT2D eigenvalue weighted by atomic mass is 16.3. The maximum absolute atomic E-state index is 9.26. The predicted octanol–water partition coefficient (Wildman–Crippen LogP) is 1.50. The van der Waals surface area contributed by atoms with Gasteiger partial charge in [0.2, 0.25) is 0 Å². The van der Waals surface area contributed by atoms with E-state index in [-0.39, 0.29) is 5.54 Å². The third-order valence-corrected chi connectivity index (χ3v) is 1.72. The molecule has 0 aliphatic heterocycles. The number of hydrogen-bond donors (Lipinski definition) is 2. The number of allylic oxidation sites excluding steroid dienone is 2. The fourth-order valence-electron chi connectivity index (χ4n) is 0.971. The van der Waals surface area contributed by atoms with Gasteiger partial charge in [0.1, 0.15) is 0 Å². The summed E-state index contributed by atoms with van der Waals surface area (Å²) >= 11 is 0. The molecule has 0 aromatic carbocycles. The minimum absolute atomic E-state index is 0.358. The molecule has 0 aromatic heterocycles. The molecule has 3 N–H and O–H groups in total. The molecule has 1 aliphatic rings. The van der Waals surface area contributed by atoms with E-state index in [0.29, 0.717) is 12.2 Å². The van der Waals surface area contributed by atoms with Crippen LogP contribution in [0, 0.1) is 0 Å². The highest BCUT2D eigenvalue weighted by Gasteiger charge is 2.20. The Kier molecular flexibility index (Phi) is 1.57. The summed E-state index contributed by atoms with van der Waals surface area (Å²) in [6.45, 7) is 3.77. The molecule has 1 aliphatic carbocycles. The van der Waals surface area contributed by atoms with Crippen LogP contribution in [0.25, 0.3) is 0 Å². The Hall–Kier alpha value is -0.760. The van der Waals surface area contributed by atoms with Gasteiger partial charge in [-0.25, -0.2) is 0 Å². The standard InChI is InChI=1S/C8H13NO/c1-6-3-4-8(2,9)5-7(6)10/h3-4,10H,5,9H2,1-2H3. The topological polar surface area (TPSA) is 46.2 Å². The van der Waals surface area contributed by atoms with Crippen LogP contribution < -0.4 is 5.73 Å². The van der Waals surface area contributed by atoms with Gasteiger partial charge in [-0.05, 0) is 19.4 Å². The average Bonchev–Trinajstić information content (AvgIpc) is 1.79. The van der Waals surface area contributed by atoms with Crippen LogP contribution in [0.5, 0.6) is 0 Å². The van der Waals surface area contributed by atoms with Gasteiger partial charge < -0.3 is 10.8 Å². The molecule has 0 heterocycles. The van der Waals surface area contributed by atoms with Crippen molar-refractivity contribution in [1.29, 1.82) is 0 Å². The van der Waals surface area contributed by atoms with Crippen molar-refractivity contribution >= 4 is 0 Å². The van der Waals surface area contributed by atoms with Crippen LogP contribution in [-0.4, -0.2) is 10.6 Å². The molecule has 1 rings (SSSR count). The second-order valence-corrected chi connectivity index (χ2v) is 3.15. The summed E-state index contributed by atoms with van der Waals surface area (Å²) in [5.41, 5.74) is 6.31. The summed E-state index contributed by atoms with van der Waals surface area (Å²) in [5, 5.41) is 9.26. The van der Waals surface area contributed by atoms with E-state index < -0.39 is 0 Å². The van der Waals surface area contributed by atoms with Gasteiger partial charge in [-0.15, -0.1) is 0 Å². The summed E-state index contributed by atoms with van der Waals surface area (Å²) in [5.74, 6) is 0.410. The SMILES string of the molecule is CC1=C(O)CC(C)(N)C=C1. The summed E-state index contributed by atoms with van der Waals surface area (Å²) < 4.78 is 0. The Morgan fingerprint density at radius 3 is 2.70 bits per heavy atom. The molecule has 0 amide bonds. The van der Waals surface area contributed by atoms with Crippen molar-refractivity contribution in [2.24, 2.45) is 5.73 Å². The van der Waals surface area contributed by atoms with Crippen molar-refractivity contribution in [2.75, 3.05) is 0 Å². The van der Waals surface area contributed by atoms with E-state index in [1.165, 1.54) is 0 Å². The van der Waals surface area contributed by atoms with Crippen LogP contribution in [0.2, 0.25) is 0 Å². The first-order chi connectivity index (χ1) is 4.51. The van der Waals surface area contributed by atoms with Crippen molar-refractivity contribution in [3.05, 3.63) is 23.5 Å². The molecule has 10 heavy (non-hydrogen) atoms. The van der Waals surface area contributed by atoms with Gasteiger partial charge in [0.25, 0.3) is 0 Å². The van der Waals surface area contributed by atoms with Gasteiger partial charge in [-0.2, -0.15) is 0 Å². The minimum Gasteiger partial charge on any atom is -0.512 e. The average molecular weight is 139 g/mol. The first-order valence-electron chi connectivity index (χ1n) is 3.38. The normalized spacial score (nSPS) is 33.1. The number of nitrogens with two attached hydrogens (primary N) is 1. The minimum atomic E-state index is -0.358. The van der Waals surface area contributed by atoms with Crippen molar-refractivity contribution in [1.82, 2.24) is 0 Å². The fourth-order valence-corrected chi connectivity index (χ4v) is 0.971. The summed E-state index contributed by atoms with van der Waals surface area (Å²) in [4.78, 5) is 0. The zero-order valence-electron chi connectivity index (χ0n) is 6.39. The van der Waals surface area contributed by atoms with Crippen LogP contribution in [-0.2, 0) is 0 Å². The maximum Gasteiger partial charge on any atom is 0.0973 e. The molecule has 0 bridgehead atoms. The number of aliphatic hydroxyl groups is 1. The second-order valence-electron chi connectivity index (χ2n) is 3.15. The van der Waals surface area contributed by atoms with Crippen molar-refractivity contribution in [3.63, 3.8) is 0 Å². The number of rotatable bonds is 0. The van der Waals surface area contributed by atoms with Crippen LogP contribution in [0.3, 0.4) is 0 Å². The first kappa shape index (κ1) is 7.35. The van der Waals surface area contributed by atoms with Gasteiger partial charge in [0.05, 0.1) is 5.76 Å². The van der Waals surface area contributed by atoms with Gasteiger partial charge in [-0.1, -0.05) is 12.2 Å². The van der Waals surface area contributed by atoms with Gasteiger partial charge in [0.15, 0.2) is 0 Å². The smallest absolute Gasteiger partial charge is 0.0973 e.